The second kappa shape index (κ2) is 7.86. The van der Waals surface area contributed by atoms with Crippen molar-refractivity contribution in [2.45, 2.75) is 13.0 Å². The lowest BCUT2D eigenvalue weighted by Crippen LogP contribution is -2.23. The summed E-state index contributed by atoms with van der Waals surface area (Å²) in [5, 5.41) is 3.26. The molecule has 0 amide bonds. The van der Waals surface area contributed by atoms with Crippen molar-refractivity contribution in [3.8, 4) is 0 Å². The van der Waals surface area contributed by atoms with Gasteiger partial charge in [0.1, 0.15) is 11.3 Å². The van der Waals surface area contributed by atoms with E-state index >= 15 is 0 Å². The van der Waals surface area contributed by atoms with Crippen molar-refractivity contribution in [3.63, 3.8) is 0 Å². The van der Waals surface area contributed by atoms with Crippen LogP contribution >= 0.6 is 0 Å². The predicted octanol–water partition coefficient (Wildman–Crippen LogP) is 3.91. The molecule has 0 aliphatic carbocycles. The highest BCUT2D eigenvalue weighted by Gasteiger charge is 2.11. The van der Waals surface area contributed by atoms with Gasteiger partial charge in [-0.2, -0.15) is 4.98 Å². The van der Waals surface area contributed by atoms with Gasteiger partial charge >= 0.3 is 0 Å². The number of hydrogen-bond acceptors (Lipinski definition) is 6. The van der Waals surface area contributed by atoms with E-state index in [0.29, 0.717) is 12.6 Å². The van der Waals surface area contributed by atoms with Crippen molar-refractivity contribution >= 4 is 22.9 Å². The zero-order chi connectivity index (χ0) is 18.5. The lowest BCUT2D eigenvalue weighted by Gasteiger charge is -2.21. The monoisotopic (exact) mass is 359 g/mol. The van der Waals surface area contributed by atoms with Crippen molar-refractivity contribution in [1.29, 1.82) is 0 Å². The molecular weight excluding hydrogens is 338 g/mol. The molecule has 0 saturated carbocycles. The van der Waals surface area contributed by atoms with Crippen molar-refractivity contribution in [2.75, 3.05) is 23.8 Å². The van der Waals surface area contributed by atoms with E-state index in [9.17, 15) is 0 Å². The summed E-state index contributed by atoms with van der Waals surface area (Å²) < 4.78 is 5.73. The van der Waals surface area contributed by atoms with Crippen LogP contribution in [0, 0.1) is 0 Å². The van der Waals surface area contributed by atoms with Gasteiger partial charge in [0.2, 0.25) is 0 Å². The molecule has 4 aromatic rings. The second-order valence-electron chi connectivity index (χ2n) is 6.32. The second-order valence-corrected chi connectivity index (χ2v) is 6.32. The quantitative estimate of drug-likeness (QED) is 0.540. The molecule has 3 heterocycles. The first-order chi connectivity index (χ1) is 13.3. The van der Waals surface area contributed by atoms with E-state index in [1.54, 1.807) is 0 Å². The van der Waals surface area contributed by atoms with Gasteiger partial charge in [0, 0.05) is 50.2 Å². The van der Waals surface area contributed by atoms with Crippen LogP contribution in [0.2, 0.25) is 0 Å². The van der Waals surface area contributed by atoms with Gasteiger partial charge in [-0.3, -0.25) is 4.98 Å². The van der Waals surface area contributed by atoms with Crippen LogP contribution in [0.5, 0.6) is 0 Å². The van der Waals surface area contributed by atoms with Gasteiger partial charge in [0.05, 0.1) is 0 Å². The first-order valence-electron chi connectivity index (χ1n) is 8.94. The van der Waals surface area contributed by atoms with Gasteiger partial charge in [0.15, 0.2) is 5.58 Å². The maximum atomic E-state index is 5.73. The van der Waals surface area contributed by atoms with Crippen LogP contribution in [-0.2, 0) is 13.0 Å². The fraction of sp³-hybridized carbons (Fsp3) is 0.190. The van der Waals surface area contributed by atoms with E-state index in [0.717, 1.165) is 41.1 Å². The average molecular weight is 359 g/mol. The van der Waals surface area contributed by atoms with Crippen LogP contribution in [0.3, 0.4) is 0 Å². The van der Waals surface area contributed by atoms with Crippen molar-refractivity contribution in [3.05, 3.63) is 78.2 Å². The van der Waals surface area contributed by atoms with Gasteiger partial charge in [-0.1, -0.05) is 24.3 Å². The maximum absolute atomic E-state index is 5.73. The molecule has 1 N–H and O–H groups in total. The number of anilines is 2. The minimum atomic E-state index is 0.516. The molecule has 6 nitrogen and oxygen atoms in total. The van der Waals surface area contributed by atoms with Gasteiger partial charge in [-0.15, -0.1) is 0 Å². The first-order valence-corrected chi connectivity index (χ1v) is 8.94. The number of fused-ring (bicyclic) bond motifs is 1. The minimum Gasteiger partial charge on any atom is -0.424 e. The molecule has 0 aliphatic heterocycles. The van der Waals surface area contributed by atoms with Gasteiger partial charge in [0.25, 0.3) is 6.01 Å². The molecule has 0 atom stereocenters. The number of aromatic nitrogens is 3. The van der Waals surface area contributed by atoms with E-state index in [2.05, 4.69) is 31.2 Å². The largest absolute Gasteiger partial charge is 0.424 e. The third-order valence-electron chi connectivity index (χ3n) is 4.38. The molecule has 0 fully saturated rings. The van der Waals surface area contributed by atoms with Crippen molar-refractivity contribution < 1.29 is 4.42 Å². The molecule has 0 bridgehead atoms. The highest BCUT2D eigenvalue weighted by atomic mass is 16.4. The Morgan fingerprint density at radius 2 is 1.81 bits per heavy atom. The molecule has 0 aliphatic rings. The topological polar surface area (TPSA) is 67.1 Å². The zero-order valence-electron chi connectivity index (χ0n) is 15.2. The fourth-order valence-corrected chi connectivity index (χ4v) is 2.96. The van der Waals surface area contributed by atoms with Crippen LogP contribution in [0.1, 0.15) is 11.3 Å². The number of benzene rings is 1. The number of nitrogens with zero attached hydrogens (tertiary/aromatic N) is 4. The summed E-state index contributed by atoms with van der Waals surface area (Å²) in [4.78, 5) is 15.6. The predicted molar refractivity (Wildman–Crippen MR) is 107 cm³/mol. The summed E-state index contributed by atoms with van der Waals surface area (Å²) in [5.74, 6) is 0.942. The Kier molecular flexibility index (Phi) is 4.96. The fourth-order valence-electron chi connectivity index (χ4n) is 2.96. The Labute approximate surface area is 157 Å². The van der Waals surface area contributed by atoms with Gasteiger partial charge in [-0.25, -0.2) is 4.98 Å². The van der Waals surface area contributed by atoms with Crippen LogP contribution < -0.4 is 10.2 Å². The van der Waals surface area contributed by atoms with E-state index in [1.807, 2.05) is 68.0 Å². The highest BCUT2D eigenvalue weighted by Crippen LogP contribution is 2.21. The SMILES string of the molecule is CN(CCc1ccccn1)c1ncccc1CNc1nc2ccccc2o1. The molecule has 6 heteroatoms. The standard InChI is InChI=1S/C21H21N5O/c1-26(14-11-17-8-4-5-12-22-17)20-16(7-6-13-23-20)15-24-21-25-18-9-2-3-10-19(18)27-21/h2-10,12-13H,11,14-15H2,1H3,(H,24,25). The van der Waals surface area contributed by atoms with Crippen molar-refractivity contribution in [1.82, 2.24) is 15.0 Å². The molecule has 136 valence electrons. The van der Waals surface area contributed by atoms with E-state index in [1.165, 1.54) is 0 Å². The molecule has 0 saturated heterocycles. The number of pyridine rings is 2. The Bertz CT molecular complexity index is 982. The lowest BCUT2D eigenvalue weighted by atomic mass is 10.2. The Morgan fingerprint density at radius 1 is 0.963 bits per heavy atom. The molecule has 1 aromatic carbocycles. The summed E-state index contributed by atoms with van der Waals surface area (Å²) in [6, 6.07) is 18.2. The van der Waals surface area contributed by atoms with Crippen LogP contribution in [0.4, 0.5) is 11.8 Å². The molecule has 0 radical (unpaired) electrons. The summed E-state index contributed by atoms with van der Waals surface area (Å²) in [6.45, 7) is 1.42. The number of nitrogens with one attached hydrogen (secondary N) is 1. The third-order valence-corrected chi connectivity index (χ3v) is 4.38. The molecule has 27 heavy (non-hydrogen) atoms. The summed E-state index contributed by atoms with van der Waals surface area (Å²) in [5.41, 5.74) is 3.78. The Balaban J connectivity index is 1.44. The van der Waals surface area contributed by atoms with Crippen LogP contribution in [0.15, 0.2) is 71.4 Å². The maximum Gasteiger partial charge on any atom is 0.295 e. The first kappa shape index (κ1) is 17.0. The summed E-state index contributed by atoms with van der Waals surface area (Å²) >= 11 is 0. The molecular formula is C21H21N5O. The van der Waals surface area contributed by atoms with Gasteiger partial charge < -0.3 is 14.6 Å². The van der Waals surface area contributed by atoms with E-state index < -0.39 is 0 Å². The smallest absolute Gasteiger partial charge is 0.295 e. The molecule has 0 unspecified atom stereocenters. The third kappa shape index (κ3) is 4.06. The summed E-state index contributed by atoms with van der Waals surface area (Å²) in [6.07, 6.45) is 4.51. The summed E-state index contributed by atoms with van der Waals surface area (Å²) in [7, 11) is 2.05. The van der Waals surface area contributed by atoms with Gasteiger partial charge in [-0.05, 0) is 30.3 Å². The van der Waals surface area contributed by atoms with Crippen molar-refractivity contribution in [2.24, 2.45) is 0 Å². The van der Waals surface area contributed by atoms with Crippen LogP contribution in [0.25, 0.3) is 11.1 Å². The number of likely N-dealkylation sites (N-methyl/N-ethyl adjacent to an activating group) is 1. The van der Waals surface area contributed by atoms with E-state index in [4.69, 9.17) is 4.42 Å². The normalized spacial score (nSPS) is 10.9. The number of oxazole rings is 1. The number of para-hydroxylation sites is 2. The van der Waals surface area contributed by atoms with E-state index in [-0.39, 0.29) is 0 Å². The average Bonchev–Trinajstić information content (AvgIpc) is 3.14. The molecule has 3 aromatic heterocycles. The lowest BCUT2D eigenvalue weighted by molar-refractivity contribution is 0.614. The Hall–Kier alpha value is -3.41. The van der Waals surface area contributed by atoms with Crippen LogP contribution in [-0.4, -0.2) is 28.5 Å². The minimum absolute atomic E-state index is 0.516. The highest BCUT2D eigenvalue weighted by molar-refractivity contribution is 5.74. The zero-order valence-corrected chi connectivity index (χ0v) is 15.2. The molecule has 0 spiro atoms. The number of hydrogen-bond donors (Lipinski definition) is 1. The Morgan fingerprint density at radius 3 is 2.67 bits per heavy atom. The molecule has 4 rings (SSSR count). The number of rotatable bonds is 7.